The molecular formula is C17H19FN2OS. The van der Waals surface area contributed by atoms with Crippen molar-refractivity contribution in [2.24, 2.45) is 0 Å². The first-order valence-corrected chi connectivity index (χ1v) is 8.34. The van der Waals surface area contributed by atoms with Crippen molar-refractivity contribution in [3.8, 4) is 0 Å². The number of nitrogens with one attached hydrogen (secondary N) is 1. The predicted octanol–water partition coefficient (Wildman–Crippen LogP) is 4.35. The lowest BCUT2D eigenvalue weighted by molar-refractivity contribution is -0.121. The minimum absolute atomic E-state index is 0.0654. The van der Waals surface area contributed by atoms with Gasteiger partial charge in [0.2, 0.25) is 5.91 Å². The van der Waals surface area contributed by atoms with Gasteiger partial charge in [0, 0.05) is 4.88 Å². The van der Waals surface area contributed by atoms with Crippen LogP contribution < -0.4 is 5.32 Å². The van der Waals surface area contributed by atoms with Gasteiger partial charge in [-0.1, -0.05) is 25.0 Å². The van der Waals surface area contributed by atoms with E-state index in [0.29, 0.717) is 5.13 Å². The Bertz CT molecular complexity index is 685. The number of amides is 1. The Morgan fingerprint density at radius 2 is 2.05 bits per heavy atom. The first-order chi connectivity index (χ1) is 10.5. The maximum Gasteiger partial charge on any atom is 0.236 e. The first-order valence-electron chi connectivity index (χ1n) is 7.53. The molecule has 1 aliphatic carbocycles. The Hall–Kier alpha value is -1.75. The molecule has 3 rings (SSSR count). The van der Waals surface area contributed by atoms with E-state index >= 15 is 0 Å². The SMILES string of the molecule is Cc1nc(NC(=O)C2(c3cccc(F)c3)CCCC2)sc1C. The summed E-state index contributed by atoms with van der Waals surface area (Å²) in [6.07, 6.45) is 3.48. The van der Waals surface area contributed by atoms with E-state index in [1.165, 1.54) is 23.5 Å². The molecule has 1 aromatic carbocycles. The summed E-state index contributed by atoms with van der Waals surface area (Å²) >= 11 is 1.48. The van der Waals surface area contributed by atoms with Crippen LogP contribution in [0.25, 0.3) is 0 Å². The number of aryl methyl sites for hydroxylation is 2. The molecule has 1 N–H and O–H groups in total. The maximum absolute atomic E-state index is 13.6. The molecule has 2 aromatic rings. The predicted molar refractivity (Wildman–Crippen MR) is 86.8 cm³/mol. The monoisotopic (exact) mass is 318 g/mol. The second kappa shape index (κ2) is 5.80. The molecule has 22 heavy (non-hydrogen) atoms. The van der Waals surface area contributed by atoms with E-state index < -0.39 is 5.41 Å². The summed E-state index contributed by atoms with van der Waals surface area (Å²) in [5.74, 6) is -0.359. The number of anilines is 1. The summed E-state index contributed by atoms with van der Waals surface area (Å²) in [7, 11) is 0. The van der Waals surface area contributed by atoms with Gasteiger partial charge >= 0.3 is 0 Å². The fourth-order valence-electron chi connectivity index (χ4n) is 3.15. The lowest BCUT2D eigenvalue weighted by Gasteiger charge is -2.27. The van der Waals surface area contributed by atoms with Crippen LogP contribution in [-0.4, -0.2) is 10.9 Å². The Morgan fingerprint density at radius 3 is 2.64 bits per heavy atom. The highest BCUT2D eigenvalue weighted by molar-refractivity contribution is 7.15. The Morgan fingerprint density at radius 1 is 1.32 bits per heavy atom. The van der Waals surface area contributed by atoms with E-state index in [4.69, 9.17) is 0 Å². The number of nitrogens with zero attached hydrogens (tertiary/aromatic N) is 1. The minimum Gasteiger partial charge on any atom is -0.301 e. The van der Waals surface area contributed by atoms with Crippen molar-refractivity contribution in [1.82, 2.24) is 4.98 Å². The van der Waals surface area contributed by atoms with Crippen molar-refractivity contribution in [2.75, 3.05) is 5.32 Å². The molecule has 1 heterocycles. The molecule has 0 aliphatic heterocycles. The number of thiazole rings is 1. The third kappa shape index (κ3) is 2.65. The van der Waals surface area contributed by atoms with Crippen molar-refractivity contribution >= 4 is 22.4 Å². The highest BCUT2D eigenvalue weighted by atomic mass is 32.1. The number of carbonyl (C=O) groups excluding carboxylic acids is 1. The summed E-state index contributed by atoms with van der Waals surface area (Å²) in [6, 6.07) is 6.43. The quantitative estimate of drug-likeness (QED) is 0.914. The zero-order valence-corrected chi connectivity index (χ0v) is 13.6. The smallest absolute Gasteiger partial charge is 0.236 e. The van der Waals surface area contributed by atoms with E-state index in [1.54, 1.807) is 6.07 Å². The van der Waals surface area contributed by atoms with Crippen LogP contribution in [0, 0.1) is 19.7 Å². The molecule has 116 valence electrons. The van der Waals surface area contributed by atoms with Crippen LogP contribution in [0.1, 0.15) is 41.8 Å². The topological polar surface area (TPSA) is 42.0 Å². The third-order valence-corrected chi connectivity index (χ3v) is 5.51. The summed E-state index contributed by atoms with van der Waals surface area (Å²) < 4.78 is 13.6. The fourth-order valence-corrected chi connectivity index (χ4v) is 3.96. The third-order valence-electron chi connectivity index (χ3n) is 4.52. The number of halogens is 1. The number of hydrogen-bond donors (Lipinski definition) is 1. The first kappa shape index (κ1) is 15.2. The molecule has 0 spiro atoms. The van der Waals surface area contributed by atoms with Crippen LogP contribution in [0.15, 0.2) is 24.3 Å². The van der Waals surface area contributed by atoms with Gasteiger partial charge in [0.25, 0.3) is 0 Å². The van der Waals surface area contributed by atoms with Crippen molar-refractivity contribution in [3.05, 3.63) is 46.2 Å². The molecule has 1 amide bonds. The molecule has 1 aromatic heterocycles. The summed E-state index contributed by atoms with van der Waals surface area (Å²) in [4.78, 5) is 18.4. The average Bonchev–Trinajstić information content (AvgIpc) is 3.08. The van der Waals surface area contributed by atoms with Gasteiger partial charge in [-0.2, -0.15) is 0 Å². The number of benzene rings is 1. The molecule has 5 heteroatoms. The molecule has 1 fully saturated rings. The van der Waals surface area contributed by atoms with Gasteiger partial charge in [0.1, 0.15) is 5.82 Å². The normalized spacial score (nSPS) is 16.7. The highest BCUT2D eigenvalue weighted by Gasteiger charge is 2.43. The average molecular weight is 318 g/mol. The molecule has 3 nitrogen and oxygen atoms in total. The minimum atomic E-state index is -0.629. The van der Waals surface area contributed by atoms with E-state index in [2.05, 4.69) is 10.3 Å². The van der Waals surface area contributed by atoms with E-state index in [1.807, 2.05) is 19.9 Å². The molecule has 0 atom stereocenters. The highest BCUT2D eigenvalue weighted by Crippen LogP contribution is 2.42. The molecular weight excluding hydrogens is 299 g/mol. The number of aromatic nitrogens is 1. The van der Waals surface area contributed by atoms with Crippen molar-refractivity contribution in [2.45, 2.75) is 44.9 Å². The second-order valence-corrected chi connectivity index (χ2v) is 7.12. The van der Waals surface area contributed by atoms with Crippen molar-refractivity contribution in [1.29, 1.82) is 0 Å². The van der Waals surface area contributed by atoms with Gasteiger partial charge in [-0.15, -0.1) is 11.3 Å². The van der Waals surface area contributed by atoms with E-state index in [9.17, 15) is 9.18 Å². The molecule has 1 saturated carbocycles. The molecule has 1 aliphatic rings. The van der Waals surface area contributed by atoms with E-state index in [0.717, 1.165) is 41.8 Å². The molecule has 0 bridgehead atoms. The van der Waals surface area contributed by atoms with Gasteiger partial charge in [-0.25, -0.2) is 9.37 Å². The molecule has 0 radical (unpaired) electrons. The maximum atomic E-state index is 13.6. The van der Waals surface area contributed by atoms with Crippen LogP contribution in [0.5, 0.6) is 0 Å². The largest absolute Gasteiger partial charge is 0.301 e. The van der Waals surface area contributed by atoms with Gasteiger partial charge < -0.3 is 5.32 Å². The van der Waals surface area contributed by atoms with Crippen LogP contribution in [0.3, 0.4) is 0 Å². The van der Waals surface area contributed by atoms with Crippen LogP contribution >= 0.6 is 11.3 Å². The van der Waals surface area contributed by atoms with E-state index in [-0.39, 0.29) is 11.7 Å². The number of carbonyl (C=O) groups is 1. The molecule has 0 saturated heterocycles. The van der Waals surface area contributed by atoms with Crippen LogP contribution in [-0.2, 0) is 10.2 Å². The fraction of sp³-hybridized carbons (Fsp3) is 0.412. The summed E-state index contributed by atoms with van der Waals surface area (Å²) in [6.45, 7) is 3.92. The van der Waals surface area contributed by atoms with Crippen LogP contribution in [0.2, 0.25) is 0 Å². The summed E-state index contributed by atoms with van der Waals surface area (Å²) in [5, 5.41) is 3.58. The van der Waals surface area contributed by atoms with Crippen molar-refractivity contribution < 1.29 is 9.18 Å². The van der Waals surface area contributed by atoms with Crippen LogP contribution in [0.4, 0.5) is 9.52 Å². The Kier molecular flexibility index (Phi) is 4.00. The Labute approximate surface area is 133 Å². The van der Waals surface area contributed by atoms with Gasteiger partial charge in [-0.05, 0) is 44.4 Å². The van der Waals surface area contributed by atoms with Gasteiger partial charge in [0.05, 0.1) is 11.1 Å². The zero-order chi connectivity index (χ0) is 15.7. The number of rotatable bonds is 3. The van der Waals surface area contributed by atoms with Gasteiger partial charge in [0.15, 0.2) is 5.13 Å². The molecule has 0 unspecified atom stereocenters. The lowest BCUT2D eigenvalue weighted by Crippen LogP contribution is -2.38. The van der Waals surface area contributed by atoms with Gasteiger partial charge in [-0.3, -0.25) is 4.79 Å². The summed E-state index contributed by atoms with van der Waals surface area (Å²) in [5.41, 5.74) is 1.08. The number of hydrogen-bond acceptors (Lipinski definition) is 3. The Balaban J connectivity index is 1.92. The second-order valence-electron chi connectivity index (χ2n) is 5.91. The zero-order valence-electron chi connectivity index (χ0n) is 12.8. The lowest BCUT2D eigenvalue weighted by atomic mass is 9.78. The standard InChI is InChI=1S/C17H19FN2OS/c1-11-12(2)22-16(19-11)20-15(21)17(8-3-4-9-17)13-6-5-7-14(18)10-13/h5-7,10H,3-4,8-9H2,1-2H3,(H,19,20,21). The van der Waals surface area contributed by atoms with Crippen molar-refractivity contribution in [3.63, 3.8) is 0 Å².